The van der Waals surface area contributed by atoms with Gasteiger partial charge >= 0.3 is 0 Å². The first kappa shape index (κ1) is 9.66. The second kappa shape index (κ2) is 4.09. The molecule has 14 heavy (non-hydrogen) atoms. The van der Waals surface area contributed by atoms with Gasteiger partial charge < -0.3 is 11.1 Å². The molecule has 2 nitrogen and oxygen atoms in total. The number of nitrogen functional groups attached to an aromatic ring is 1. The lowest BCUT2D eigenvalue weighted by Gasteiger charge is -2.13. The van der Waals surface area contributed by atoms with Gasteiger partial charge in [0.05, 0.1) is 10.7 Å². The molecule has 0 heterocycles. The minimum Gasteiger partial charge on any atom is -0.397 e. The molecule has 1 aliphatic rings. The molecule has 0 atom stereocenters. The fourth-order valence-electron chi connectivity index (χ4n) is 1.94. The van der Waals surface area contributed by atoms with Crippen molar-refractivity contribution in [1.29, 1.82) is 0 Å². The van der Waals surface area contributed by atoms with Gasteiger partial charge in [-0.1, -0.05) is 24.4 Å². The largest absolute Gasteiger partial charge is 0.397 e. The first-order valence-electron chi connectivity index (χ1n) is 5.07. The van der Waals surface area contributed by atoms with Gasteiger partial charge in [0.1, 0.15) is 0 Å². The van der Waals surface area contributed by atoms with Crippen molar-refractivity contribution >= 4 is 23.0 Å². The second-order valence-corrected chi connectivity index (χ2v) is 4.27. The molecular formula is C11H15ClN2. The van der Waals surface area contributed by atoms with Crippen molar-refractivity contribution in [1.82, 2.24) is 0 Å². The molecule has 0 radical (unpaired) electrons. The molecule has 1 aliphatic carbocycles. The molecule has 1 fully saturated rings. The van der Waals surface area contributed by atoms with Crippen LogP contribution in [0, 0.1) is 0 Å². The molecule has 1 aromatic rings. The zero-order chi connectivity index (χ0) is 9.97. The third kappa shape index (κ3) is 2.13. The molecule has 0 aromatic heterocycles. The van der Waals surface area contributed by atoms with Crippen LogP contribution in [-0.2, 0) is 0 Å². The van der Waals surface area contributed by atoms with Gasteiger partial charge in [-0.3, -0.25) is 0 Å². The van der Waals surface area contributed by atoms with Crippen molar-refractivity contribution in [2.24, 2.45) is 0 Å². The standard InChI is InChI=1S/C11H15ClN2/c12-10-6-5-9(7-11(10)13)14-8-3-1-2-4-8/h5-8,14H,1-4,13H2. The zero-order valence-corrected chi connectivity index (χ0v) is 8.85. The van der Waals surface area contributed by atoms with E-state index in [9.17, 15) is 0 Å². The SMILES string of the molecule is Nc1cc(NC2CCCC2)ccc1Cl. The van der Waals surface area contributed by atoms with Crippen LogP contribution in [0.4, 0.5) is 11.4 Å². The van der Waals surface area contributed by atoms with Gasteiger partial charge in [-0.15, -0.1) is 0 Å². The summed E-state index contributed by atoms with van der Waals surface area (Å²) < 4.78 is 0. The van der Waals surface area contributed by atoms with E-state index in [-0.39, 0.29) is 0 Å². The van der Waals surface area contributed by atoms with Crippen LogP contribution in [0.15, 0.2) is 18.2 Å². The average molecular weight is 211 g/mol. The molecule has 76 valence electrons. The number of hydrogen-bond acceptors (Lipinski definition) is 2. The summed E-state index contributed by atoms with van der Waals surface area (Å²) in [7, 11) is 0. The van der Waals surface area contributed by atoms with Gasteiger partial charge in [0.2, 0.25) is 0 Å². The van der Waals surface area contributed by atoms with E-state index in [1.807, 2.05) is 18.2 Å². The number of nitrogens with two attached hydrogens (primary N) is 1. The summed E-state index contributed by atoms with van der Waals surface area (Å²) in [6.45, 7) is 0. The summed E-state index contributed by atoms with van der Waals surface area (Å²) in [4.78, 5) is 0. The van der Waals surface area contributed by atoms with Crippen molar-refractivity contribution in [3.63, 3.8) is 0 Å². The van der Waals surface area contributed by atoms with Crippen molar-refractivity contribution < 1.29 is 0 Å². The van der Waals surface area contributed by atoms with E-state index in [1.165, 1.54) is 25.7 Å². The number of hydrogen-bond donors (Lipinski definition) is 2. The highest BCUT2D eigenvalue weighted by atomic mass is 35.5. The van der Waals surface area contributed by atoms with Crippen molar-refractivity contribution in [2.45, 2.75) is 31.7 Å². The monoisotopic (exact) mass is 210 g/mol. The van der Waals surface area contributed by atoms with Crippen LogP contribution in [0.1, 0.15) is 25.7 Å². The maximum Gasteiger partial charge on any atom is 0.0636 e. The number of benzene rings is 1. The molecule has 0 spiro atoms. The highest BCUT2D eigenvalue weighted by molar-refractivity contribution is 6.33. The molecule has 1 aromatic carbocycles. The van der Waals surface area contributed by atoms with E-state index in [4.69, 9.17) is 17.3 Å². The topological polar surface area (TPSA) is 38.0 Å². The van der Waals surface area contributed by atoms with Crippen molar-refractivity contribution in [3.8, 4) is 0 Å². The van der Waals surface area contributed by atoms with Crippen LogP contribution >= 0.6 is 11.6 Å². The van der Waals surface area contributed by atoms with Gasteiger partial charge in [0.15, 0.2) is 0 Å². The normalized spacial score (nSPS) is 17.2. The molecule has 0 bridgehead atoms. The van der Waals surface area contributed by atoms with Gasteiger partial charge in [0.25, 0.3) is 0 Å². The van der Waals surface area contributed by atoms with Gasteiger partial charge in [0, 0.05) is 11.7 Å². The van der Waals surface area contributed by atoms with Crippen molar-refractivity contribution in [3.05, 3.63) is 23.2 Å². The lowest BCUT2D eigenvalue weighted by atomic mass is 10.2. The fourth-order valence-corrected chi connectivity index (χ4v) is 2.06. The lowest BCUT2D eigenvalue weighted by molar-refractivity contribution is 0.755. The van der Waals surface area contributed by atoms with Crippen LogP contribution < -0.4 is 11.1 Å². The highest BCUT2D eigenvalue weighted by Crippen LogP contribution is 2.26. The Morgan fingerprint density at radius 3 is 2.64 bits per heavy atom. The Morgan fingerprint density at radius 1 is 1.29 bits per heavy atom. The summed E-state index contributed by atoms with van der Waals surface area (Å²) in [5.74, 6) is 0. The third-order valence-corrected chi connectivity index (χ3v) is 3.07. The quantitative estimate of drug-likeness (QED) is 0.736. The Kier molecular flexibility index (Phi) is 2.82. The van der Waals surface area contributed by atoms with Gasteiger partial charge in [-0.25, -0.2) is 0 Å². The Balaban J connectivity index is 2.05. The van der Waals surface area contributed by atoms with Crippen LogP contribution in [0.25, 0.3) is 0 Å². The number of anilines is 2. The van der Waals surface area contributed by atoms with Gasteiger partial charge in [-0.05, 0) is 31.0 Å². The smallest absolute Gasteiger partial charge is 0.0636 e. The molecule has 3 N–H and O–H groups in total. The van der Waals surface area contributed by atoms with E-state index in [1.54, 1.807) is 0 Å². The van der Waals surface area contributed by atoms with E-state index in [0.717, 1.165) is 5.69 Å². The predicted octanol–water partition coefficient (Wildman–Crippen LogP) is 3.28. The van der Waals surface area contributed by atoms with Gasteiger partial charge in [-0.2, -0.15) is 0 Å². The number of halogens is 1. The molecule has 0 unspecified atom stereocenters. The first-order valence-corrected chi connectivity index (χ1v) is 5.45. The Hall–Kier alpha value is -0.890. The molecule has 2 rings (SSSR count). The predicted molar refractivity (Wildman–Crippen MR) is 61.7 cm³/mol. The highest BCUT2D eigenvalue weighted by Gasteiger charge is 2.14. The molecule has 0 amide bonds. The zero-order valence-electron chi connectivity index (χ0n) is 8.09. The number of rotatable bonds is 2. The molecule has 0 aliphatic heterocycles. The first-order chi connectivity index (χ1) is 6.75. The Morgan fingerprint density at radius 2 is 2.00 bits per heavy atom. The average Bonchev–Trinajstić information content (AvgIpc) is 2.64. The number of nitrogens with one attached hydrogen (secondary N) is 1. The lowest BCUT2D eigenvalue weighted by Crippen LogP contribution is -2.14. The fraction of sp³-hybridized carbons (Fsp3) is 0.455. The van der Waals surface area contributed by atoms with Crippen LogP contribution in [0.2, 0.25) is 5.02 Å². The Labute approximate surface area is 89.4 Å². The van der Waals surface area contributed by atoms with E-state index in [2.05, 4.69) is 5.32 Å². The molecule has 3 heteroatoms. The van der Waals surface area contributed by atoms with Crippen LogP contribution in [-0.4, -0.2) is 6.04 Å². The van der Waals surface area contributed by atoms with E-state index < -0.39 is 0 Å². The minimum absolute atomic E-state index is 0.621. The van der Waals surface area contributed by atoms with Crippen LogP contribution in [0.5, 0.6) is 0 Å². The summed E-state index contributed by atoms with van der Waals surface area (Å²) in [5, 5.41) is 4.10. The summed E-state index contributed by atoms with van der Waals surface area (Å²) in [6.07, 6.45) is 5.20. The molecule has 0 saturated heterocycles. The van der Waals surface area contributed by atoms with E-state index >= 15 is 0 Å². The van der Waals surface area contributed by atoms with E-state index in [0.29, 0.717) is 16.8 Å². The summed E-state index contributed by atoms with van der Waals surface area (Å²) in [5.41, 5.74) is 7.45. The van der Waals surface area contributed by atoms with Crippen LogP contribution in [0.3, 0.4) is 0 Å². The maximum atomic E-state index is 5.84. The third-order valence-electron chi connectivity index (χ3n) is 2.72. The maximum absolute atomic E-state index is 5.84. The summed E-state index contributed by atoms with van der Waals surface area (Å²) >= 11 is 5.84. The second-order valence-electron chi connectivity index (χ2n) is 3.86. The molecular weight excluding hydrogens is 196 g/mol. The Bertz CT molecular complexity index is 319. The van der Waals surface area contributed by atoms with Crippen molar-refractivity contribution in [2.75, 3.05) is 11.1 Å². The molecule has 1 saturated carbocycles. The summed E-state index contributed by atoms with van der Waals surface area (Å²) in [6, 6.07) is 6.35. The minimum atomic E-state index is 0.621.